The van der Waals surface area contributed by atoms with E-state index in [1.165, 1.54) is 6.08 Å². The zero-order chi connectivity index (χ0) is 21.7. The number of esters is 1. The summed E-state index contributed by atoms with van der Waals surface area (Å²) in [5, 5.41) is 2.71. The van der Waals surface area contributed by atoms with E-state index in [2.05, 4.69) is 5.32 Å². The van der Waals surface area contributed by atoms with Crippen molar-refractivity contribution < 1.29 is 28.5 Å². The lowest BCUT2D eigenvalue weighted by molar-refractivity contribution is -0.142. The highest BCUT2D eigenvalue weighted by Crippen LogP contribution is 2.47. The molecule has 7 heteroatoms. The largest absolute Gasteiger partial charge is 0.494 e. The zero-order valence-corrected chi connectivity index (χ0v) is 17.4. The van der Waals surface area contributed by atoms with Gasteiger partial charge in [-0.15, -0.1) is 0 Å². The molecule has 1 heterocycles. The maximum Gasteiger partial charge on any atom is 0.331 e. The van der Waals surface area contributed by atoms with Gasteiger partial charge in [-0.1, -0.05) is 12.1 Å². The quantitative estimate of drug-likeness (QED) is 0.527. The lowest BCUT2D eigenvalue weighted by atomic mass is 10.2. The molecule has 1 amide bonds. The summed E-state index contributed by atoms with van der Waals surface area (Å²) < 4.78 is 22.3. The van der Waals surface area contributed by atoms with Crippen molar-refractivity contribution in [3.63, 3.8) is 0 Å². The van der Waals surface area contributed by atoms with Crippen molar-refractivity contribution in [2.45, 2.75) is 38.4 Å². The fraction of sp³-hybridized carbons (Fsp3) is 0.333. The average molecular weight is 423 g/mol. The highest BCUT2D eigenvalue weighted by Gasteiger charge is 2.44. The molecule has 0 bridgehead atoms. The lowest BCUT2D eigenvalue weighted by Crippen LogP contribution is -2.34. The van der Waals surface area contributed by atoms with E-state index in [1.807, 2.05) is 31.2 Å². The Morgan fingerprint density at radius 2 is 1.81 bits per heavy atom. The maximum absolute atomic E-state index is 12.1. The fourth-order valence-corrected chi connectivity index (χ4v) is 3.68. The third kappa shape index (κ3) is 5.17. The van der Waals surface area contributed by atoms with Crippen molar-refractivity contribution in [1.29, 1.82) is 0 Å². The summed E-state index contributed by atoms with van der Waals surface area (Å²) in [6, 6.07) is 12.6. The van der Waals surface area contributed by atoms with Gasteiger partial charge in [0.25, 0.3) is 11.7 Å². The number of hydrogen-bond acceptors (Lipinski definition) is 6. The number of rotatable bonds is 7. The Labute approximate surface area is 180 Å². The third-order valence-electron chi connectivity index (χ3n) is 5.13. The molecule has 4 rings (SSSR count). The van der Waals surface area contributed by atoms with Crippen LogP contribution >= 0.6 is 0 Å². The Morgan fingerprint density at radius 3 is 2.55 bits per heavy atom. The summed E-state index contributed by atoms with van der Waals surface area (Å²) in [7, 11) is 0. The van der Waals surface area contributed by atoms with Gasteiger partial charge in [0.05, 0.1) is 6.61 Å². The van der Waals surface area contributed by atoms with Crippen LogP contribution in [0.2, 0.25) is 0 Å². The van der Waals surface area contributed by atoms with E-state index in [0.717, 1.165) is 37.0 Å². The molecule has 1 fully saturated rings. The minimum Gasteiger partial charge on any atom is -0.494 e. The Morgan fingerprint density at radius 1 is 1.06 bits per heavy atom. The van der Waals surface area contributed by atoms with Crippen LogP contribution in [-0.2, 0) is 14.3 Å². The van der Waals surface area contributed by atoms with Gasteiger partial charge in [0.15, 0.2) is 18.1 Å². The summed E-state index contributed by atoms with van der Waals surface area (Å²) in [5.41, 5.74) is 1.38. The average Bonchev–Trinajstić information content (AvgIpc) is 3.37. The van der Waals surface area contributed by atoms with Crippen molar-refractivity contribution in [2.24, 2.45) is 0 Å². The summed E-state index contributed by atoms with van der Waals surface area (Å²) in [6.07, 6.45) is 6.79. The van der Waals surface area contributed by atoms with Gasteiger partial charge in [-0.05, 0) is 55.7 Å². The molecule has 2 aliphatic rings. The molecule has 31 heavy (non-hydrogen) atoms. The van der Waals surface area contributed by atoms with E-state index in [1.54, 1.807) is 24.3 Å². The van der Waals surface area contributed by atoms with E-state index in [9.17, 15) is 9.59 Å². The second-order valence-electron chi connectivity index (χ2n) is 7.47. The number of nitrogens with one attached hydrogen (secondary N) is 1. The third-order valence-corrected chi connectivity index (χ3v) is 5.13. The number of benzene rings is 2. The number of ether oxygens (including phenoxy) is 4. The summed E-state index contributed by atoms with van der Waals surface area (Å²) in [6.45, 7) is 2.12. The lowest BCUT2D eigenvalue weighted by Gasteiger charge is -2.21. The first-order chi connectivity index (χ1) is 15.0. The molecule has 2 aromatic rings. The Hall–Kier alpha value is -3.48. The van der Waals surface area contributed by atoms with Crippen LogP contribution in [0.3, 0.4) is 0 Å². The van der Waals surface area contributed by atoms with Crippen molar-refractivity contribution in [1.82, 2.24) is 0 Å². The highest BCUT2D eigenvalue weighted by molar-refractivity contribution is 5.94. The zero-order valence-electron chi connectivity index (χ0n) is 17.4. The van der Waals surface area contributed by atoms with Gasteiger partial charge in [-0.2, -0.15) is 0 Å². The Bertz CT molecular complexity index is 976. The van der Waals surface area contributed by atoms with Gasteiger partial charge in [0.2, 0.25) is 0 Å². The number of amides is 1. The molecular formula is C24H25NO6. The van der Waals surface area contributed by atoms with Gasteiger partial charge in [0, 0.05) is 30.7 Å². The van der Waals surface area contributed by atoms with Crippen molar-refractivity contribution >= 4 is 23.6 Å². The van der Waals surface area contributed by atoms with Crippen molar-refractivity contribution in [2.75, 3.05) is 18.5 Å². The molecule has 0 saturated heterocycles. The van der Waals surface area contributed by atoms with Crippen LogP contribution in [0, 0.1) is 0 Å². The monoisotopic (exact) mass is 423 g/mol. The fourth-order valence-electron chi connectivity index (χ4n) is 3.68. The van der Waals surface area contributed by atoms with E-state index in [0.29, 0.717) is 23.8 Å². The summed E-state index contributed by atoms with van der Waals surface area (Å²) in [4.78, 5) is 24.0. The van der Waals surface area contributed by atoms with Crippen LogP contribution in [0.25, 0.3) is 6.08 Å². The number of anilines is 1. The number of fused-ring (bicyclic) bond motifs is 1. The van der Waals surface area contributed by atoms with Crippen LogP contribution < -0.4 is 19.5 Å². The molecule has 1 spiro atoms. The SMILES string of the molecule is CCOc1ccc(/C=C/C(=O)OCC(=O)Nc2ccc3c(c2)OC2(CCCC2)O3)cc1. The molecule has 1 saturated carbocycles. The molecular weight excluding hydrogens is 398 g/mol. The minimum absolute atomic E-state index is 0.384. The Balaban J connectivity index is 1.24. The van der Waals surface area contributed by atoms with Crippen LogP contribution in [0.15, 0.2) is 48.5 Å². The van der Waals surface area contributed by atoms with Gasteiger partial charge in [-0.3, -0.25) is 4.79 Å². The van der Waals surface area contributed by atoms with E-state index in [-0.39, 0.29) is 6.61 Å². The van der Waals surface area contributed by atoms with Gasteiger partial charge in [-0.25, -0.2) is 4.79 Å². The van der Waals surface area contributed by atoms with Crippen LogP contribution in [-0.4, -0.2) is 30.9 Å². The Kier molecular flexibility index (Phi) is 6.11. The van der Waals surface area contributed by atoms with Crippen molar-refractivity contribution in [3.8, 4) is 17.2 Å². The van der Waals surface area contributed by atoms with Gasteiger partial charge < -0.3 is 24.3 Å². The molecule has 1 aliphatic heterocycles. The first-order valence-corrected chi connectivity index (χ1v) is 10.4. The summed E-state index contributed by atoms with van der Waals surface area (Å²) in [5.74, 6) is 0.493. The first kappa shape index (κ1) is 20.8. The number of hydrogen-bond donors (Lipinski definition) is 1. The molecule has 1 N–H and O–H groups in total. The minimum atomic E-state index is -0.599. The summed E-state index contributed by atoms with van der Waals surface area (Å²) >= 11 is 0. The van der Waals surface area contributed by atoms with Gasteiger partial charge >= 0.3 is 5.97 Å². The molecule has 1 aliphatic carbocycles. The van der Waals surface area contributed by atoms with E-state index in [4.69, 9.17) is 18.9 Å². The standard InChI is InChI=1S/C24H25NO6/c1-2-28-19-9-5-17(6-10-19)7-12-23(27)29-16-22(26)25-18-8-11-20-21(15-18)31-24(30-20)13-3-4-14-24/h5-12,15H,2-4,13-14,16H2,1H3,(H,25,26)/b12-7+. The molecule has 0 radical (unpaired) electrons. The van der Waals surface area contributed by atoms with Crippen LogP contribution in [0.4, 0.5) is 5.69 Å². The van der Waals surface area contributed by atoms with E-state index >= 15 is 0 Å². The van der Waals surface area contributed by atoms with Gasteiger partial charge in [0.1, 0.15) is 5.75 Å². The van der Waals surface area contributed by atoms with Crippen LogP contribution in [0.1, 0.15) is 38.2 Å². The second-order valence-corrected chi connectivity index (χ2v) is 7.47. The maximum atomic E-state index is 12.1. The smallest absolute Gasteiger partial charge is 0.331 e. The topological polar surface area (TPSA) is 83.1 Å². The number of carbonyl (C=O) groups is 2. The molecule has 0 atom stereocenters. The first-order valence-electron chi connectivity index (χ1n) is 10.4. The molecule has 0 unspecified atom stereocenters. The highest BCUT2D eigenvalue weighted by atomic mass is 16.7. The van der Waals surface area contributed by atoms with Crippen molar-refractivity contribution in [3.05, 3.63) is 54.1 Å². The van der Waals surface area contributed by atoms with E-state index < -0.39 is 17.7 Å². The van der Waals surface area contributed by atoms with Crippen LogP contribution in [0.5, 0.6) is 17.2 Å². The molecule has 2 aromatic carbocycles. The molecule has 162 valence electrons. The molecule has 0 aromatic heterocycles. The second kappa shape index (κ2) is 9.12. The predicted molar refractivity (Wildman–Crippen MR) is 115 cm³/mol. The molecule has 7 nitrogen and oxygen atoms in total. The predicted octanol–water partition coefficient (Wildman–Crippen LogP) is 4.32. The number of carbonyl (C=O) groups excluding carboxylic acids is 2. The normalized spacial score (nSPS) is 15.9.